The first-order valence-corrected chi connectivity index (χ1v) is 2.30. The first-order valence-electron chi connectivity index (χ1n) is 0.765. The van der Waals surface area contributed by atoms with Crippen LogP contribution in [0.3, 0.4) is 0 Å². The smallest absolute Gasteiger partial charge is 0.412 e. The van der Waals surface area contributed by atoms with Gasteiger partial charge in [-0.3, -0.25) is 0 Å². The maximum Gasteiger partial charge on any atom is 2.00 e. The van der Waals surface area contributed by atoms with E-state index in [4.69, 9.17) is 18.9 Å². The molecule has 0 saturated heterocycles. The molecule has 0 saturated carbocycles. The number of hydrogen-bond donors (Lipinski definition) is 2. The molecule has 0 aliphatic carbocycles. The van der Waals surface area contributed by atoms with Crippen LogP contribution in [0.5, 0.6) is 0 Å². The summed E-state index contributed by atoms with van der Waals surface area (Å²) < 4.78 is 16.9. The van der Waals surface area contributed by atoms with Gasteiger partial charge in [0, 0.05) is 0 Å². The van der Waals surface area contributed by atoms with Crippen LogP contribution in [0.2, 0.25) is 0 Å². The summed E-state index contributed by atoms with van der Waals surface area (Å²) in [5, 5.41) is 0. The SMILES string of the molecule is O.O.O=PO.O=PO.[Ba+2]. The maximum atomic E-state index is 8.46. The molecule has 0 fully saturated rings. The third kappa shape index (κ3) is 214. The summed E-state index contributed by atoms with van der Waals surface area (Å²) in [6.07, 6.45) is 0. The van der Waals surface area contributed by atoms with Crippen molar-refractivity contribution in [3.8, 4) is 0 Å². The van der Waals surface area contributed by atoms with Crippen molar-refractivity contribution in [1.29, 1.82) is 0 Å². The van der Waals surface area contributed by atoms with E-state index in [1.807, 2.05) is 0 Å². The standard InChI is InChI=1S/Ba.2HO2P.2H2O/c;2*1-3-2;;/h;2*(H,1,2);2*1H2/q+2;;;;. The molecule has 0 aliphatic rings. The van der Waals surface area contributed by atoms with Crippen LogP contribution >= 0.6 is 17.4 Å². The van der Waals surface area contributed by atoms with Crippen LogP contribution in [0.25, 0.3) is 0 Å². The summed E-state index contributed by atoms with van der Waals surface area (Å²) in [6.45, 7) is 0. The van der Waals surface area contributed by atoms with E-state index in [1.54, 1.807) is 0 Å². The van der Waals surface area contributed by atoms with Crippen molar-refractivity contribution >= 4 is 66.3 Å². The molecule has 0 aromatic carbocycles. The summed E-state index contributed by atoms with van der Waals surface area (Å²) in [4.78, 5) is 14.0. The van der Waals surface area contributed by atoms with E-state index >= 15 is 0 Å². The Kier molecular flexibility index (Phi) is 189. The molecule has 0 radical (unpaired) electrons. The molecule has 0 heterocycles. The molecule has 0 spiro atoms. The molecule has 52 valence electrons. The Morgan fingerprint density at radius 2 is 0.889 bits per heavy atom. The molecular formula is H6BaO6P2+2. The van der Waals surface area contributed by atoms with Gasteiger partial charge in [-0.05, 0) is 0 Å². The van der Waals surface area contributed by atoms with Crippen LogP contribution in [-0.4, -0.2) is 69.6 Å². The van der Waals surface area contributed by atoms with E-state index in [2.05, 4.69) is 0 Å². The van der Waals surface area contributed by atoms with Crippen LogP contribution in [0, 0.1) is 0 Å². The Hall–Kier alpha value is 1.61. The first kappa shape index (κ1) is 31.1. The minimum Gasteiger partial charge on any atom is -0.412 e. The van der Waals surface area contributed by atoms with Crippen molar-refractivity contribution in [2.45, 2.75) is 0 Å². The molecule has 0 rings (SSSR count). The van der Waals surface area contributed by atoms with Gasteiger partial charge in [-0.2, -0.15) is 0 Å². The van der Waals surface area contributed by atoms with Crippen LogP contribution < -0.4 is 0 Å². The molecule has 0 amide bonds. The van der Waals surface area contributed by atoms with Crippen molar-refractivity contribution in [2.24, 2.45) is 0 Å². The van der Waals surface area contributed by atoms with E-state index in [0.717, 1.165) is 0 Å². The zero-order valence-electron chi connectivity index (χ0n) is 4.31. The van der Waals surface area contributed by atoms with Gasteiger partial charge in [0.15, 0.2) is 0 Å². The van der Waals surface area contributed by atoms with Gasteiger partial charge in [-0.15, -0.1) is 0 Å². The quantitative estimate of drug-likeness (QED) is 0.408. The second-order valence-electron chi connectivity index (χ2n) is 0.163. The van der Waals surface area contributed by atoms with Crippen LogP contribution in [0.15, 0.2) is 0 Å². The van der Waals surface area contributed by atoms with Crippen LogP contribution in [-0.2, 0) is 9.13 Å². The van der Waals surface area contributed by atoms with Gasteiger partial charge >= 0.3 is 66.3 Å². The van der Waals surface area contributed by atoms with E-state index in [9.17, 15) is 0 Å². The predicted octanol–water partition coefficient (Wildman–Crippen LogP) is -1.66. The molecule has 0 unspecified atom stereocenters. The fourth-order valence-electron chi connectivity index (χ4n) is 0. The molecule has 6 N–H and O–H groups in total. The van der Waals surface area contributed by atoms with Crippen LogP contribution in [0.1, 0.15) is 0 Å². The predicted molar refractivity (Wildman–Crippen MR) is 32.6 cm³/mol. The van der Waals surface area contributed by atoms with Gasteiger partial charge in [-0.25, -0.2) is 9.13 Å². The van der Waals surface area contributed by atoms with Crippen molar-refractivity contribution in [3.63, 3.8) is 0 Å². The number of hydrogen-bond acceptors (Lipinski definition) is 2. The molecular weight excluding hydrogens is 295 g/mol. The molecule has 0 atom stereocenters. The van der Waals surface area contributed by atoms with E-state index in [-0.39, 0.29) is 59.8 Å². The third-order valence-corrected chi connectivity index (χ3v) is 0. The molecule has 9 heteroatoms. The second kappa shape index (κ2) is 54.6. The second-order valence-corrected chi connectivity index (χ2v) is 0.490. The summed E-state index contributed by atoms with van der Waals surface area (Å²) >= 11 is 0. The first-order chi connectivity index (χ1) is 2.83. The molecule has 0 bridgehead atoms. The van der Waals surface area contributed by atoms with Crippen LogP contribution in [0.4, 0.5) is 0 Å². The average Bonchev–Trinajstić information content (AvgIpc) is 1.39. The summed E-state index contributed by atoms with van der Waals surface area (Å²) in [6, 6.07) is 0. The van der Waals surface area contributed by atoms with Gasteiger partial charge in [-0.1, -0.05) is 0 Å². The Morgan fingerprint density at radius 3 is 0.889 bits per heavy atom. The van der Waals surface area contributed by atoms with Crippen molar-refractivity contribution in [2.75, 3.05) is 0 Å². The fourth-order valence-corrected chi connectivity index (χ4v) is 0. The van der Waals surface area contributed by atoms with E-state index in [0.29, 0.717) is 0 Å². The minimum atomic E-state index is -0.833. The minimum absolute atomic E-state index is 0. The van der Waals surface area contributed by atoms with Gasteiger partial charge in [0.25, 0.3) is 0 Å². The number of rotatable bonds is 0. The van der Waals surface area contributed by atoms with Crippen molar-refractivity contribution in [3.05, 3.63) is 0 Å². The Morgan fingerprint density at radius 1 is 0.889 bits per heavy atom. The maximum absolute atomic E-state index is 8.46. The van der Waals surface area contributed by atoms with E-state index < -0.39 is 17.4 Å². The summed E-state index contributed by atoms with van der Waals surface area (Å²) in [5.41, 5.74) is 0. The largest absolute Gasteiger partial charge is 2.00 e. The average molecular weight is 301 g/mol. The third-order valence-electron chi connectivity index (χ3n) is 0. The monoisotopic (exact) mass is 302 g/mol. The molecule has 0 aromatic rings. The molecule has 0 aromatic heterocycles. The zero-order valence-corrected chi connectivity index (χ0v) is 10.5. The summed E-state index contributed by atoms with van der Waals surface area (Å²) in [5.74, 6) is 0. The Balaban J connectivity index is -0.00000000889. The Bertz CT molecular complexity index is 32.0. The van der Waals surface area contributed by atoms with Gasteiger partial charge in [0.2, 0.25) is 0 Å². The molecule has 0 aliphatic heterocycles. The van der Waals surface area contributed by atoms with Crippen molar-refractivity contribution < 1.29 is 29.9 Å². The Labute approximate surface area is 94.9 Å². The van der Waals surface area contributed by atoms with Gasteiger partial charge < -0.3 is 20.7 Å². The van der Waals surface area contributed by atoms with Gasteiger partial charge in [0.05, 0.1) is 0 Å². The van der Waals surface area contributed by atoms with Gasteiger partial charge in [0.1, 0.15) is 0 Å². The molecule has 6 nitrogen and oxygen atoms in total. The topological polar surface area (TPSA) is 138 Å². The summed E-state index contributed by atoms with van der Waals surface area (Å²) in [7, 11) is -1.67. The van der Waals surface area contributed by atoms with E-state index in [1.165, 1.54) is 0 Å². The zero-order chi connectivity index (χ0) is 5.41. The molecule has 9 heavy (non-hydrogen) atoms. The van der Waals surface area contributed by atoms with Crippen molar-refractivity contribution in [1.82, 2.24) is 0 Å². The fraction of sp³-hybridized carbons (Fsp3) is 0. The normalized spacial score (nSPS) is 4.67.